The molecule has 0 unspecified atom stereocenters. The molecule has 0 saturated heterocycles. The molecule has 31 heavy (non-hydrogen) atoms. The molecule has 0 amide bonds. The number of aromatic nitrogens is 2. The monoisotopic (exact) mass is 432 g/mol. The molecule has 166 valence electrons. The molecule has 2 aromatic carbocycles. The van der Waals surface area contributed by atoms with Crippen LogP contribution in [0.4, 0.5) is 13.2 Å². The summed E-state index contributed by atoms with van der Waals surface area (Å²) in [6.45, 7) is 8.18. The molecule has 0 aliphatic rings. The van der Waals surface area contributed by atoms with Crippen molar-refractivity contribution >= 4 is 17.0 Å². The van der Waals surface area contributed by atoms with E-state index in [1.54, 1.807) is 12.1 Å². The number of imidazole rings is 1. The molecule has 0 spiro atoms. The normalized spacial score (nSPS) is 12.5. The molecule has 1 heterocycles. The third-order valence-electron chi connectivity index (χ3n) is 5.33. The van der Waals surface area contributed by atoms with Crippen LogP contribution in [-0.4, -0.2) is 20.6 Å². The Bertz CT molecular complexity index is 1110. The van der Waals surface area contributed by atoms with Crippen molar-refractivity contribution in [3.63, 3.8) is 0 Å². The standard InChI is InChI=1S/C24H27F3N2O2/c1-5-6-7-8-15-11-17(23(2,3)4)14-18(12-15)29-20-10-9-16(21(30)31)13-19(20)28-22(29)24(25,26)27/h9-14H,5-8H2,1-4H3,(H,30,31). The van der Waals surface area contributed by atoms with Gasteiger partial charge in [0.05, 0.1) is 16.6 Å². The van der Waals surface area contributed by atoms with Gasteiger partial charge in [-0.2, -0.15) is 13.2 Å². The third-order valence-corrected chi connectivity index (χ3v) is 5.33. The van der Waals surface area contributed by atoms with Gasteiger partial charge >= 0.3 is 12.1 Å². The van der Waals surface area contributed by atoms with Crippen molar-refractivity contribution in [2.75, 3.05) is 0 Å². The summed E-state index contributed by atoms with van der Waals surface area (Å²) in [5.41, 5.74) is 2.18. The minimum atomic E-state index is -4.69. The molecule has 1 aromatic heterocycles. The number of hydrogen-bond acceptors (Lipinski definition) is 2. The summed E-state index contributed by atoms with van der Waals surface area (Å²) in [7, 11) is 0. The van der Waals surface area contributed by atoms with E-state index in [-0.39, 0.29) is 22.0 Å². The lowest BCUT2D eigenvalue weighted by atomic mass is 9.85. The maximum atomic E-state index is 13.9. The molecule has 0 aliphatic heterocycles. The van der Waals surface area contributed by atoms with Gasteiger partial charge < -0.3 is 5.11 Å². The Balaban J connectivity index is 2.27. The molecule has 1 N–H and O–H groups in total. The molecule has 0 fully saturated rings. The lowest BCUT2D eigenvalue weighted by Gasteiger charge is -2.22. The quantitative estimate of drug-likeness (QED) is 0.437. The third kappa shape index (κ3) is 4.92. The van der Waals surface area contributed by atoms with Crippen molar-refractivity contribution in [2.24, 2.45) is 0 Å². The first kappa shape index (κ1) is 22.8. The molecule has 4 nitrogen and oxygen atoms in total. The van der Waals surface area contributed by atoms with Crippen molar-refractivity contribution in [3.8, 4) is 5.69 Å². The summed E-state index contributed by atoms with van der Waals surface area (Å²) < 4.78 is 42.8. The van der Waals surface area contributed by atoms with E-state index in [0.29, 0.717) is 5.69 Å². The summed E-state index contributed by atoms with van der Waals surface area (Å²) in [4.78, 5) is 15.0. The largest absolute Gasteiger partial charge is 0.478 e. The number of fused-ring (bicyclic) bond motifs is 1. The molecule has 0 radical (unpaired) electrons. The van der Waals surface area contributed by atoms with Crippen LogP contribution in [0.1, 0.15) is 74.3 Å². The van der Waals surface area contributed by atoms with E-state index in [4.69, 9.17) is 0 Å². The van der Waals surface area contributed by atoms with E-state index >= 15 is 0 Å². The number of halogens is 3. The van der Waals surface area contributed by atoms with Crippen LogP contribution in [0.3, 0.4) is 0 Å². The highest BCUT2D eigenvalue weighted by molar-refractivity contribution is 5.93. The summed E-state index contributed by atoms with van der Waals surface area (Å²) >= 11 is 0. The number of nitrogens with zero attached hydrogens (tertiary/aromatic N) is 2. The van der Waals surface area contributed by atoms with Crippen LogP contribution < -0.4 is 0 Å². The number of unbranched alkanes of at least 4 members (excludes halogenated alkanes) is 2. The Hall–Kier alpha value is -2.83. The van der Waals surface area contributed by atoms with Crippen LogP contribution in [-0.2, 0) is 18.0 Å². The van der Waals surface area contributed by atoms with E-state index in [1.165, 1.54) is 18.2 Å². The van der Waals surface area contributed by atoms with Crippen molar-refractivity contribution in [2.45, 2.75) is 65.0 Å². The van der Waals surface area contributed by atoms with Crippen molar-refractivity contribution in [1.82, 2.24) is 9.55 Å². The fourth-order valence-corrected chi connectivity index (χ4v) is 3.62. The predicted octanol–water partition coefficient (Wildman–Crippen LogP) is 6.77. The SMILES string of the molecule is CCCCCc1cc(-n2c(C(F)(F)F)nc3cc(C(=O)O)ccc32)cc(C(C)(C)C)c1. The molecule has 0 aliphatic carbocycles. The number of carbonyl (C=O) groups is 1. The molecular weight excluding hydrogens is 405 g/mol. The molecule has 0 bridgehead atoms. The van der Waals surface area contributed by atoms with E-state index in [0.717, 1.165) is 41.4 Å². The van der Waals surface area contributed by atoms with Gasteiger partial charge in [0.25, 0.3) is 0 Å². The zero-order valence-electron chi connectivity index (χ0n) is 18.2. The smallest absolute Gasteiger partial charge is 0.450 e. The van der Waals surface area contributed by atoms with Gasteiger partial charge in [0.1, 0.15) is 0 Å². The number of aryl methyl sites for hydroxylation is 1. The summed E-state index contributed by atoms with van der Waals surface area (Å²) in [5, 5.41) is 9.21. The van der Waals surface area contributed by atoms with Gasteiger partial charge in [0.2, 0.25) is 5.82 Å². The Morgan fingerprint density at radius 1 is 1.06 bits per heavy atom. The Morgan fingerprint density at radius 2 is 1.77 bits per heavy atom. The number of benzene rings is 2. The van der Waals surface area contributed by atoms with E-state index in [1.807, 2.05) is 20.8 Å². The minimum Gasteiger partial charge on any atom is -0.478 e. The second-order valence-electron chi connectivity index (χ2n) is 8.87. The molecular formula is C24H27F3N2O2. The summed E-state index contributed by atoms with van der Waals surface area (Å²) in [5.74, 6) is -2.27. The number of carboxylic acids is 1. The van der Waals surface area contributed by atoms with Crippen LogP contribution >= 0.6 is 0 Å². The van der Waals surface area contributed by atoms with Crippen LogP contribution in [0.25, 0.3) is 16.7 Å². The van der Waals surface area contributed by atoms with Gasteiger partial charge in [-0.25, -0.2) is 9.78 Å². The molecule has 3 aromatic rings. The first-order chi connectivity index (χ1) is 14.4. The second kappa shape index (κ2) is 8.36. The zero-order valence-corrected chi connectivity index (χ0v) is 18.2. The van der Waals surface area contributed by atoms with Crippen LogP contribution in [0.2, 0.25) is 0 Å². The van der Waals surface area contributed by atoms with Crippen molar-refractivity contribution in [3.05, 3.63) is 58.9 Å². The lowest BCUT2D eigenvalue weighted by molar-refractivity contribution is -0.145. The summed E-state index contributed by atoms with van der Waals surface area (Å²) in [6.07, 6.45) is -0.844. The van der Waals surface area contributed by atoms with Gasteiger partial charge in [-0.15, -0.1) is 0 Å². The fraction of sp³-hybridized carbons (Fsp3) is 0.417. The van der Waals surface area contributed by atoms with Gasteiger partial charge in [-0.05, 0) is 59.7 Å². The molecule has 3 rings (SSSR count). The van der Waals surface area contributed by atoms with E-state index in [9.17, 15) is 23.1 Å². The van der Waals surface area contributed by atoms with Gasteiger partial charge in [-0.1, -0.05) is 46.6 Å². The zero-order chi connectivity index (χ0) is 23.0. The molecule has 0 atom stereocenters. The average molecular weight is 432 g/mol. The number of carboxylic acid groups (broad SMARTS) is 1. The predicted molar refractivity (Wildman–Crippen MR) is 115 cm³/mol. The Labute approximate surface area is 179 Å². The van der Waals surface area contributed by atoms with Gasteiger partial charge in [-0.3, -0.25) is 4.57 Å². The topological polar surface area (TPSA) is 55.1 Å². The van der Waals surface area contributed by atoms with E-state index in [2.05, 4.69) is 18.0 Å². The number of alkyl halides is 3. The van der Waals surface area contributed by atoms with Crippen LogP contribution in [0.5, 0.6) is 0 Å². The number of rotatable bonds is 6. The van der Waals surface area contributed by atoms with Crippen molar-refractivity contribution in [1.29, 1.82) is 0 Å². The van der Waals surface area contributed by atoms with Crippen LogP contribution in [0, 0.1) is 0 Å². The fourth-order valence-electron chi connectivity index (χ4n) is 3.62. The van der Waals surface area contributed by atoms with Gasteiger partial charge in [0.15, 0.2) is 0 Å². The number of hydrogen-bond donors (Lipinski definition) is 1. The highest BCUT2D eigenvalue weighted by Crippen LogP contribution is 2.36. The molecule has 0 saturated carbocycles. The lowest BCUT2D eigenvalue weighted by Crippen LogP contribution is -2.16. The maximum Gasteiger partial charge on any atom is 0.450 e. The molecule has 7 heteroatoms. The van der Waals surface area contributed by atoms with E-state index < -0.39 is 18.0 Å². The number of aromatic carboxylic acids is 1. The first-order valence-electron chi connectivity index (χ1n) is 10.4. The Morgan fingerprint density at radius 3 is 2.35 bits per heavy atom. The second-order valence-corrected chi connectivity index (χ2v) is 8.87. The van der Waals surface area contributed by atoms with Gasteiger partial charge in [0, 0.05) is 5.69 Å². The highest BCUT2D eigenvalue weighted by Gasteiger charge is 2.38. The maximum absolute atomic E-state index is 13.9. The van der Waals surface area contributed by atoms with Crippen LogP contribution in [0.15, 0.2) is 36.4 Å². The average Bonchev–Trinajstić information content (AvgIpc) is 3.06. The van der Waals surface area contributed by atoms with Crippen molar-refractivity contribution < 1.29 is 23.1 Å². The summed E-state index contributed by atoms with van der Waals surface area (Å²) in [6, 6.07) is 9.49. The Kier molecular flexibility index (Phi) is 6.16. The minimum absolute atomic E-state index is 0.000852. The highest BCUT2D eigenvalue weighted by atomic mass is 19.4. The first-order valence-corrected chi connectivity index (χ1v) is 10.4.